The van der Waals surface area contributed by atoms with Gasteiger partial charge in [-0.25, -0.2) is 4.68 Å². The predicted molar refractivity (Wildman–Crippen MR) is 112 cm³/mol. The van der Waals surface area contributed by atoms with E-state index in [1.54, 1.807) is 18.2 Å². The molecule has 0 fully saturated rings. The van der Waals surface area contributed by atoms with Crippen molar-refractivity contribution in [3.05, 3.63) is 83.2 Å². The van der Waals surface area contributed by atoms with Gasteiger partial charge in [0.15, 0.2) is 5.69 Å². The first-order valence-electron chi connectivity index (χ1n) is 9.79. The summed E-state index contributed by atoms with van der Waals surface area (Å²) in [6.07, 6.45) is -4.67. The second kappa shape index (κ2) is 9.76. The molecular weight excluding hydrogens is 407 g/mol. The quantitative estimate of drug-likeness (QED) is 0.511. The van der Waals surface area contributed by atoms with Gasteiger partial charge in [0.1, 0.15) is 5.69 Å². The standard InChI is InChI=1S/C22H24F3N5O/c1-15(26)12-27-13-17-8-5-9-18(10-17)30-19(11-20(29-30)22(23,24)25)21(31)28-14-16-6-3-2-4-7-16/h2-11,15,27H,12-14,26H2,1H3,(H,28,31). The first-order valence-corrected chi connectivity index (χ1v) is 9.79. The third kappa shape index (κ3) is 6.16. The van der Waals surface area contributed by atoms with E-state index in [4.69, 9.17) is 5.73 Å². The van der Waals surface area contributed by atoms with Crippen molar-refractivity contribution in [1.29, 1.82) is 0 Å². The highest BCUT2D eigenvalue weighted by Gasteiger charge is 2.36. The van der Waals surface area contributed by atoms with E-state index in [1.807, 2.05) is 43.3 Å². The van der Waals surface area contributed by atoms with E-state index in [1.165, 1.54) is 0 Å². The van der Waals surface area contributed by atoms with Gasteiger partial charge in [0.25, 0.3) is 5.91 Å². The summed E-state index contributed by atoms with van der Waals surface area (Å²) < 4.78 is 40.9. The highest BCUT2D eigenvalue weighted by molar-refractivity contribution is 5.93. The van der Waals surface area contributed by atoms with Crippen molar-refractivity contribution in [2.45, 2.75) is 32.2 Å². The van der Waals surface area contributed by atoms with Crippen LogP contribution in [0.5, 0.6) is 0 Å². The number of hydrogen-bond acceptors (Lipinski definition) is 4. The van der Waals surface area contributed by atoms with Crippen LogP contribution in [-0.2, 0) is 19.3 Å². The molecule has 0 spiro atoms. The number of nitrogens with two attached hydrogens (primary N) is 1. The van der Waals surface area contributed by atoms with Crippen LogP contribution in [0.25, 0.3) is 5.69 Å². The van der Waals surface area contributed by atoms with Crippen molar-refractivity contribution < 1.29 is 18.0 Å². The highest BCUT2D eigenvalue weighted by atomic mass is 19.4. The molecular formula is C22H24F3N5O. The van der Waals surface area contributed by atoms with Crippen LogP contribution in [-0.4, -0.2) is 28.3 Å². The molecule has 3 aromatic rings. The topological polar surface area (TPSA) is 85.0 Å². The monoisotopic (exact) mass is 431 g/mol. The summed E-state index contributed by atoms with van der Waals surface area (Å²) in [6, 6.07) is 16.7. The number of nitrogens with one attached hydrogen (secondary N) is 2. The van der Waals surface area contributed by atoms with E-state index in [9.17, 15) is 18.0 Å². The number of nitrogens with zero attached hydrogens (tertiary/aromatic N) is 2. The van der Waals surface area contributed by atoms with E-state index in [-0.39, 0.29) is 18.3 Å². The molecule has 1 aromatic heterocycles. The zero-order chi connectivity index (χ0) is 22.4. The number of rotatable bonds is 8. The molecule has 0 saturated carbocycles. The molecule has 1 atom stereocenters. The molecule has 1 heterocycles. The Kier molecular flexibility index (Phi) is 7.09. The third-order valence-corrected chi connectivity index (χ3v) is 4.48. The first kappa shape index (κ1) is 22.5. The molecule has 0 aliphatic rings. The van der Waals surface area contributed by atoms with Gasteiger partial charge >= 0.3 is 6.18 Å². The Morgan fingerprint density at radius 3 is 2.45 bits per heavy atom. The van der Waals surface area contributed by atoms with Crippen molar-refractivity contribution in [1.82, 2.24) is 20.4 Å². The normalized spacial score (nSPS) is 12.5. The smallest absolute Gasteiger partial charge is 0.347 e. The highest BCUT2D eigenvalue weighted by Crippen LogP contribution is 2.29. The predicted octanol–water partition coefficient (Wildman–Crippen LogP) is 3.26. The summed E-state index contributed by atoms with van der Waals surface area (Å²) in [5, 5.41) is 9.50. The van der Waals surface area contributed by atoms with Gasteiger partial charge in [0.05, 0.1) is 5.69 Å². The second-order valence-corrected chi connectivity index (χ2v) is 7.27. The third-order valence-electron chi connectivity index (χ3n) is 4.48. The summed E-state index contributed by atoms with van der Waals surface area (Å²) in [5.41, 5.74) is 6.43. The fourth-order valence-corrected chi connectivity index (χ4v) is 2.99. The van der Waals surface area contributed by atoms with Crippen molar-refractivity contribution in [3.8, 4) is 5.69 Å². The first-order chi connectivity index (χ1) is 14.7. The molecule has 2 aromatic carbocycles. The Balaban J connectivity index is 1.87. The summed E-state index contributed by atoms with van der Waals surface area (Å²) in [5.74, 6) is -0.646. The molecule has 4 N–H and O–H groups in total. The molecule has 31 heavy (non-hydrogen) atoms. The second-order valence-electron chi connectivity index (χ2n) is 7.27. The number of alkyl halides is 3. The molecule has 9 heteroatoms. The lowest BCUT2D eigenvalue weighted by Crippen LogP contribution is -2.30. The average molecular weight is 431 g/mol. The minimum Gasteiger partial charge on any atom is -0.347 e. The Morgan fingerprint density at radius 2 is 1.77 bits per heavy atom. The lowest BCUT2D eigenvalue weighted by Gasteiger charge is -2.11. The number of hydrogen-bond donors (Lipinski definition) is 3. The van der Waals surface area contributed by atoms with E-state index >= 15 is 0 Å². The van der Waals surface area contributed by atoms with Crippen LogP contribution >= 0.6 is 0 Å². The van der Waals surface area contributed by atoms with Gasteiger partial charge in [-0.05, 0) is 30.2 Å². The Labute approximate surface area is 178 Å². The molecule has 0 bridgehead atoms. The minimum atomic E-state index is -4.67. The number of carbonyl (C=O) groups is 1. The van der Waals surface area contributed by atoms with Crippen LogP contribution in [0.4, 0.5) is 13.2 Å². The summed E-state index contributed by atoms with van der Waals surface area (Å²) in [4.78, 5) is 12.7. The van der Waals surface area contributed by atoms with Crippen molar-refractivity contribution in [3.63, 3.8) is 0 Å². The van der Waals surface area contributed by atoms with Gasteiger partial charge in [-0.1, -0.05) is 42.5 Å². The van der Waals surface area contributed by atoms with E-state index < -0.39 is 17.8 Å². The van der Waals surface area contributed by atoms with Gasteiger partial charge in [-0.3, -0.25) is 4.79 Å². The lowest BCUT2D eigenvalue weighted by molar-refractivity contribution is -0.141. The average Bonchev–Trinajstić information content (AvgIpc) is 3.19. The number of benzene rings is 2. The van der Waals surface area contributed by atoms with E-state index in [0.29, 0.717) is 18.8 Å². The molecule has 3 rings (SSSR count). The molecule has 0 saturated heterocycles. The Hall–Kier alpha value is -3.17. The molecule has 1 unspecified atom stereocenters. The van der Waals surface area contributed by atoms with Gasteiger partial charge < -0.3 is 16.4 Å². The molecule has 0 aliphatic carbocycles. The van der Waals surface area contributed by atoms with Gasteiger partial charge in [0, 0.05) is 31.7 Å². The van der Waals surface area contributed by atoms with Crippen molar-refractivity contribution in [2.24, 2.45) is 5.73 Å². The van der Waals surface area contributed by atoms with Gasteiger partial charge in [0.2, 0.25) is 0 Å². The molecule has 6 nitrogen and oxygen atoms in total. The Morgan fingerprint density at radius 1 is 1.06 bits per heavy atom. The van der Waals surface area contributed by atoms with Crippen molar-refractivity contribution in [2.75, 3.05) is 6.54 Å². The van der Waals surface area contributed by atoms with Crippen LogP contribution < -0.4 is 16.4 Å². The maximum Gasteiger partial charge on any atom is 0.435 e. The van der Waals surface area contributed by atoms with Crippen LogP contribution in [0.3, 0.4) is 0 Å². The van der Waals surface area contributed by atoms with Crippen LogP contribution in [0.15, 0.2) is 60.7 Å². The number of halogens is 3. The zero-order valence-electron chi connectivity index (χ0n) is 17.0. The maximum absolute atomic E-state index is 13.3. The molecule has 1 amide bonds. The number of amides is 1. The SMILES string of the molecule is CC(N)CNCc1cccc(-n2nc(C(F)(F)F)cc2C(=O)NCc2ccccc2)c1. The summed E-state index contributed by atoms with van der Waals surface area (Å²) in [7, 11) is 0. The van der Waals surface area contributed by atoms with Crippen molar-refractivity contribution >= 4 is 5.91 Å². The lowest BCUT2D eigenvalue weighted by atomic mass is 10.2. The maximum atomic E-state index is 13.3. The summed E-state index contributed by atoms with van der Waals surface area (Å²) >= 11 is 0. The number of carbonyl (C=O) groups excluding carboxylic acids is 1. The van der Waals surface area contributed by atoms with Crippen LogP contribution in [0, 0.1) is 0 Å². The fraction of sp³-hybridized carbons (Fsp3) is 0.273. The molecule has 0 radical (unpaired) electrons. The van der Waals surface area contributed by atoms with Gasteiger partial charge in [-0.2, -0.15) is 18.3 Å². The molecule has 0 aliphatic heterocycles. The minimum absolute atomic E-state index is 0.0245. The van der Waals surface area contributed by atoms with E-state index in [0.717, 1.165) is 21.9 Å². The van der Waals surface area contributed by atoms with Crippen LogP contribution in [0.2, 0.25) is 0 Å². The van der Waals surface area contributed by atoms with E-state index in [2.05, 4.69) is 15.7 Å². The largest absolute Gasteiger partial charge is 0.435 e. The van der Waals surface area contributed by atoms with Gasteiger partial charge in [-0.15, -0.1) is 0 Å². The molecule has 164 valence electrons. The zero-order valence-corrected chi connectivity index (χ0v) is 17.0. The Bertz CT molecular complexity index is 1020. The van der Waals surface area contributed by atoms with Crippen LogP contribution in [0.1, 0.15) is 34.2 Å². The fourth-order valence-electron chi connectivity index (χ4n) is 2.99. The summed E-state index contributed by atoms with van der Waals surface area (Å²) in [6.45, 7) is 3.13. The number of aromatic nitrogens is 2.